The van der Waals surface area contributed by atoms with Crippen LogP contribution in [0.15, 0.2) is 29.3 Å². The van der Waals surface area contributed by atoms with Gasteiger partial charge in [0.25, 0.3) is 0 Å². The number of ether oxygens (including phenoxy) is 2. The molecular weight excluding hydrogens is 536 g/mol. The molecule has 0 radical (unpaired) electrons. The highest BCUT2D eigenvalue weighted by atomic mass is 127. The Hall–Kier alpha value is -1.17. The van der Waals surface area contributed by atoms with Crippen molar-refractivity contribution in [3.63, 3.8) is 0 Å². The molecule has 1 aromatic carbocycles. The maximum Gasteiger partial charge on any atom is 0.194 e. The normalized spacial score (nSPS) is 24.6. The molecule has 3 fully saturated rings. The lowest BCUT2D eigenvalue weighted by Gasteiger charge is -2.37. The van der Waals surface area contributed by atoms with Gasteiger partial charge in [0.15, 0.2) is 5.96 Å². The predicted octanol–water partition coefficient (Wildman–Crippen LogP) is 2.80. The molecular formula is C24H39FIN5O2. The summed E-state index contributed by atoms with van der Waals surface area (Å²) in [7, 11) is 0. The number of para-hydroxylation sites is 1. The average Bonchev–Trinajstić information content (AvgIpc) is 3.37. The van der Waals surface area contributed by atoms with Gasteiger partial charge in [-0.1, -0.05) is 12.1 Å². The number of hydrogen-bond donors (Lipinski definition) is 1. The quantitative estimate of drug-likeness (QED) is 0.234. The zero-order valence-corrected chi connectivity index (χ0v) is 22.1. The smallest absolute Gasteiger partial charge is 0.194 e. The van der Waals surface area contributed by atoms with E-state index < -0.39 is 0 Å². The molecule has 3 heterocycles. The van der Waals surface area contributed by atoms with Crippen LogP contribution in [-0.2, 0) is 9.47 Å². The van der Waals surface area contributed by atoms with Gasteiger partial charge in [0, 0.05) is 65.5 Å². The van der Waals surface area contributed by atoms with E-state index in [9.17, 15) is 4.39 Å². The molecule has 0 saturated carbocycles. The summed E-state index contributed by atoms with van der Waals surface area (Å²) in [6, 6.07) is 7.06. The number of rotatable bonds is 7. The molecule has 0 aromatic heterocycles. The van der Waals surface area contributed by atoms with Gasteiger partial charge in [0.1, 0.15) is 11.9 Å². The fraction of sp³-hybridized carbons (Fsp3) is 0.708. The van der Waals surface area contributed by atoms with Crippen molar-refractivity contribution in [2.45, 2.75) is 38.4 Å². The van der Waals surface area contributed by atoms with E-state index in [1.165, 1.54) is 0 Å². The van der Waals surface area contributed by atoms with Gasteiger partial charge in [-0.2, -0.15) is 0 Å². The van der Waals surface area contributed by atoms with Crippen LogP contribution < -0.4 is 10.2 Å². The highest BCUT2D eigenvalue weighted by Gasteiger charge is 2.32. The third-order valence-electron chi connectivity index (χ3n) is 6.57. The molecule has 0 amide bonds. The number of piperazine rings is 1. The zero-order chi connectivity index (χ0) is 22.2. The number of morpholine rings is 1. The monoisotopic (exact) mass is 575 g/mol. The Morgan fingerprint density at radius 1 is 1.09 bits per heavy atom. The largest absolute Gasteiger partial charge is 0.375 e. The number of guanidine groups is 1. The van der Waals surface area contributed by atoms with Crippen molar-refractivity contribution in [1.29, 1.82) is 0 Å². The Balaban J connectivity index is 0.00000306. The third kappa shape index (κ3) is 7.40. The maximum atomic E-state index is 14.0. The van der Waals surface area contributed by atoms with Gasteiger partial charge in [0.2, 0.25) is 0 Å². The summed E-state index contributed by atoms with van der Waals surface area (Å²) < 4.78 is 25.9. The highest BCUT2D eigenvalue weighted by molar-refractivity contribution is 14.0. The van der Waals surface area contributed by atoms with Crippen molar-refractivity contribution in [1.82, 2.24) is 15.1 Å². The van der Waals surface area contributed by atoms with E-state index >= 15 is 0 Å². The van der Waals surface area contributed by atoms with E-state index in [2.05, 4.69) is 26.9 Å². The van der Waals surface area contributed by atoms with E-state index in [0.717, 1.165) is 103 Å². The van der Waals surface area contributed by atoms with Gasteiger partial charge >= 0.3 is 0 Å². The Bertz CT molecular complexity index is 741. The molecule has 1 aromatic rings. The van der Waals surface area contributed by atoms with Gasteiger partial charge in [-0.3, -0.25) is 9.89 Å². The maximum absolute atomic E-state index is 14.0. The minimum absolute atomic E-state index is 0. The molecule has 186 valence electrons. The molecule has 2 unspecified atom stereocenters. The van der Waals surface area contributed by atoms with Crippen molar-refractivity contribution in [3.05, 3.63) is 30.1 Å². The summed E-state index contributed by atoms with van der Waals surface area (Å²) in [4.78, 5) is 11.8. The summed E-state index contributed by atoms with van der Waals surface area (Å²) in [5.41, 5.74) is 0.721. The van der Waals surface area contributed by atoms with Crippen LogP contribution in [0, 0.1) is 5.82 Å². The van der Waals surface area contributed by atoms with Crippen molar-refractivity contribution >= 4 is 35.6 Å². The number of benzene rings is 1. The number of hydrogen-bond acceptors (Lipinski definition) is 5. The summed E-state index contributed by atoms with van der Waals surface area (Å²) in [6.07, 6.45) is 3.61. The minimum atomic E-state index is -0.129. The molecule has 3 saturated heterocycles. The molecule has 33 heavy (non-hydrogen) atoms. The van der Waals surface area contributed by atoms with Crippen LogP contribution in [0.4, 0.5) is 10.1 Å². The Morgan fingerprint density at radius 3 is 2.61 bits per heavy atom. The van der Waals surface area contributed by atoms with Crippen LogP contribution in [0.3, 0.4) is 0 Å². The number of halogens is 2. The molecule has 9 heteroatoms. The summed E-state index contributed by atoms with van der Waals surface area (Å²) in [5, 5.41) is 3.45. The van der Waals surface area contributed by atoms with E-state index in [4.69, 9.17) is 14.5 Å². The lowest BCUT2D eigenvalue weighted by molar-refractivity contribution is -0.0817. The molecule has 7 nitrogen and oxygen atoms in total. The molecule has 4 rings (SSSR count). The zero-order valence-electron chi connectivity index (χ0n) is 19.8. The first-order valence-electron chi connectivity index (χ1n) is 12.2. The van der Waals surface area contributed by atoms with Gasteiger partial charge in [0.05, 0.1) is 18.4 Å². The first kappa shape index (κ1) is 26.4. The van der Waals surface area contributed by atoms with Crippen LogP contribution in [0.1, 0.15) is 26.2 Å². The lowest BCUT2D eigenvalue weighted by Crippen LogP contribution is -2.53. The number of anilines is 1. The predicted molar refractivity (Wildman–Crippen MR) is 141 cm³/mol. The van der Waals surface area contributed by atoms with Crippen LogP contribution in [0.5, 0.6) is 0 Å². The van der Waals surface area contributed by atoms with Crippen molar-refractivity contribution in [2.24, 2.45) is 4.99 Å². The average molecular weight is 576 g/mol. The lowest BCUT2D eigenvalue weighted by atomic mass is 10.1. The summed E-state index contributed by atoms with van der Waals surface area (Å²) in [6.45, 7) is 11.7. The second-order valence-electron chi connectivity index (χ2n) is 8.78. The van der Waals surface area contributed by atoms with Crippen molar-refractivity contribution in [3.8, 4) is 0 Å². The van der Waals surface area contributed by atoms with Crippen LogP contribution in [0.25, 0.3) is 0 Å². The first-order chi connectivity index (χ1) is 15.7. The molecule has 0 bridgehead atoms. The Kier molecular flexibility index (Phi) is 10.9. The third-order valence-corrected chi connectivity index (χ3v) is 6.57. The van der Waals surface area contributed by atoms with Gasteiger partial charge < -0.3 is 24.6 Å². The van der Waals surface area contributed by atoms with Crippen LogP contribution in [-0.4, -0.2) is 100 Å². The fourth-order valence-corrected chi connectivity index (χ4v) is 4.81. The molecule has 3 aliphatic heterocycles. The number of aliphatic imine (C=N–C) groups is 1. The standard InChI is InChI=1S/C24H38FN5O2.HI/c1-2-26-24(30-16-18-32-23(19-30)22-9-5-17-31-22)27-10-6-11-28-12-14-29(15-13-28)21-8-4-3-7-20(21)25;/h3-4,7-8,22-23H,2,5-6,9-19H2,1H3,(H,26,27);1H. The van der Waals surface area contributed by atoms with Gasteiger partial charge in [-0.15, -0.1) is 24.0 Å². The van der Waals surface area contributed by atoms with Gasteiger partial charge in [-0.25, -0.2) is 4.39 Å². The van der Waals surface area contributed by atoms with Crippen molar-refractivity contribution < 1.29 is 13.9 Å². The van der Waals surface area contributed by atoms with E-state index in [0.29, 0.717) is 0 Å². The number of nitrogens with one attached hydrogen (secondary N) is 1. The fourth-order valence-electron chi connectivity index (χ4n) is 4.81. The molecule has 1 N–H and O–H groups in total. The second-order valence-corrected chi connectivity index (χ2v) is 8.78. The highest BCUT2D eigenvalue weighted by Crippen LogP contribution is 2.22. The van der Waals surface area contributed by atoms with E-state index in [-0.39, 0.29) is 42.0 Å². The molecule has 0 spiro atoms. The SMILES string of the molecule is CCNC(=NCCCN1CCN(c2ccccc2F)CC1)N1CCOC(C2CCCO2)C1.I. The van der Waals surface area contributed by atoms with Crippen molar-refractivity contribution in [2.75, 3.05) is 77.0 Å². The molecule has 2 atom stereocenters. The molecule has 0 aliphatic carbocycles. The second kappa shape index (κ2) is 13.7. The van der Waals surface area contributed by atoms with Crippen LogP contribution >= 0.6 is 24.0 Å². The Morgan fingerprint density at radius 2 is 1.88 bits per heavy atom. The van der Waals surface area contributed by atoms with E-state index in [1.54, 1.807) is 12.1 Å². The molecule has 3 aliphatic rings. The topological polar surface area (TPSA) is 52.6 Å². The summed E-state index contributed by atoms with van der Waals surface area (Å²) >= 11 is 0. The van der Waals surface area contributed by atoms with E-state index in [1.807, 2.05) is 12.1 Å². The minimum Gasteiger partial charge on any atom is -0.375 e. The van der Waals surface area contributed by atoms with Gasteiger partial charge in [-0.05, 0) is 38.3 Å². The number of nitrogens with zero attached hydrogens (tertiary/aromatic N) is 4. The van der Waals surface area contributed by atoms with Crippen LogP contribution in [0.2, 0.25) is 0 Å². The Labute approximate surface area is 214 Å². The first-order valence-corrected chi connectivity index (χ1v) is 12.2. The summed E-state index contributed by atoms with van der Waals surface area (Å²) in [5.74, 6) is 0.860.